The van der Waals surface area contributed by atoms with Crippen LogP contribution in [-0.4, -0.2) is 18.3 Å². The molecule has 458 valence electrons. The third kappa shape index (κ3) is 48.4. The molecule has 6 heteroatoms. The summed E-state index contributed by atoms with van der Waals surface area (Å²) in [6.07, 6.45) is 72.9. The first kappa shape index (κ1) is 73.4. The molecule has 0 radical (unpaired) electrons. The first-order valence-corrected chi connectivity index (χ1v) is 38.0. The van der Waals surface area contributed by atoms with Crippen LogP contribution < -0.4 is 9.05 Å². The molecule has 2 aromatic carbocycles. The summed E-state index contributed by atoms with van der Waals surface area (Å²) in [6, 6.07) is 17.6. The standard InChI is InChI=1S/C73H131O4PS/c1-4-7-10-13-16-19-22-26-31-36-41-46-51-60-69-62-54-56-64-71(69)76-78(77-72-65-57-55-63-70(72)61-52-47-42-37-32-27-23-20-17-14-11-8-5-2)79-68-59-50-45-40-35-30-25-28-33-38-43-48-53-66-73(74)75-67-58-49-44-39-34-29-24-21-18-15-12-9-6-3/h54-57,62-65H,4-53,58-61,66-68H2,1-3H3. The van der Waals surface area contributed by atoms with Crippen LogP contribution in [0.2, 0.25) is 0 Å². The van der Waals surface area contributed by atoms with Gasteiger partial charge >= 0.3 is 13.5 Å². The minimum Gasteiger partial charge on any atom is -0.466 e. The molecular formula is C73H131O4PS. The number of hydrogen-bond donors (Lipinski definition) is 0. The number of para-hydroxylation sites is 2. The van der Waals surface area contributed by atoms with E-state index < -0.39 is 7.58 Å². The molecule has 2 rings (SSSR count). The van der Waals surface area contributed by atoms with Gasteiger partial charge in [0.25, 0.3) is 0 Å². The molecule has 0 saturated carbocycles. The van der Waals surface area contributed by atoms with Crippen molar-refractivity contribution in [1.82, 2.24) is 0 Å². The van der Waals surface area contributed by atoms with Crippen molar-refractivity contribution >= 4 is 24.9 Å². The molecule has 0 aromatic heterocycles. The molecule has 0 atom stereocenters. The number of esters is 1. The Kier molecular flexibility index (Phi) is 55.2. The highest BCUT2D eigenvalue weighted by atomic mass is 32.7. The van der Waals surface area contributed by atoms with E-state index in [1.807, 2.05) is 11.4 Å². The number of rotatable bonds is 63. The number of benzene rings is 2. The minimum absolute atomic E-state index is 0.0181. The van der Waals surface area contributed by atoms with Crippen LogP contribution in [0.25, 0.3) is 0 Å². The van der Waals surface area contributed by atoms with Crippen LogP contribution >= 0.6 is 19.0 Å². The van der Waals surface area contributed by atoms with Crippen LogP contribution in [0.5, 0.6) is 11.5 Å². The average Bonchev–Trinajstić information content (AvgIpc) is 3.46. The van der Waals surface area contributed by atoms with Gasteiger partial charge in [-0.1, -0.05) is 359 Å². The maximum Gasteiger partial charge on any atom is 0.360 e. The number of carbonyl (C=O) groups excluding carboxylic acids is 1. The molecule has 0 bridgehead atoms. The molecule has 0 unspecified atom stereocenters. The number of hydrogen-bond acceptors (Lipinski definition) is 5. The normalized spacial score (nSPS) is 11.5. The monoisotopic (exact) mass is 1130 g/mol. The Bertz CT molecular complexity index is 1480. The maximum atomic E-state index is 12.2. The topological polar surface area (TPSA) is 44.8 Å². The van der Waals surface area contributed by atoms with E-state index >= 15 is 0 Å². The van der Waals surface area contributed by atoms with E-state index in [4.69, 9.17) is 13.8 Å². The Balaban J connectivity index is 1.64. The fourth-order valence-electron chi connectivity index (χ4n) is 11.3. The van der Waals surface area contributed by atoms with Crippen molar-refractivity contribution in [3.63, 3.8) is 0 Å². The van der Waals surface area contributed by atoms with Crippen LogP contribution in [0.4, 0.5) is 0 Å². The van der Waals surface area contributed by atoms with Gasteiger partial charge in [0.2, 0.25) is 0 Å². The van der Waals surface area contributed by atoms with Gasteiger partial charge in [0.1, 0.15) is 11.5 Å². The number of aryl methyl sites for hydroxylation is 2. The third-order valence-electron chi connectivity index (χ3n) is 16.6. The van der Waals surface area contributed by atoms with Gasteiger partial charge < -0.3 is 13.8 Å². The maximum absolute atomic E-state index is 12.2. The summed E-state index contributed by atoms with van der Waals surface area (Å²) < 4.78 is 19.4. The van der Waals surface area contributed by atoms with E-state index in [9.17, 15) is 4.79 Å². The molecule has 79 heavy (non-hydrogen) atoms. The van der Waals surface area contributed by atoms with Crippen molar-refractivity contribution < 1.29 is 18.6 Å². The van der Waals surface area contributed by atoms with Gasteiger partial charge in [0.05, 0.1) is 6.61 Å². The van der Waals surface area contributed by atoms with Gasteiger partial charge in [-0.15, -0.1) is 0 Å². The number of ether oxygens (including phenoxy) is 1. The van der Waals surface area contributed by atoms with E-state index in [1.54, 1.807) is 0 Å². The van der Waals surface area contributed by atoms with Crippen LogP contribution in [0.3, 0.4) is 0 Å². The van der Waals surface area contributed by atoms with Gasteiger partial charge in [-0.3, -0.25) is 4.79 Å². The van der Waals surface area contributed by atoms with Crippen LogP contribution in [0.1, 0.15) is 372 Å². The Labute approximate surface area is 498 Å². The first-order chi connectivity index (χ1) is 39.2. The third-order valence-corrected chi connectivity index (χ3v) is 19.6. The summed E-state index contributed by atoms with van der Waals surface area (Å²) in [7, 11) is -1.18. The molecule has 2 aromatic rings. The largest absolute Gasteiger partial charge is 0.466 e. The molecule has 0 fully saturated rings. The summed E-state index contributed by atoms with van der Waals surface area (Å²) >= 11 is 1.92. The van der Waals surface area contributed by atoms with Crippen molar-refractivity contribution in [3.05, 3.63) is 59.7 Å². The lowest BCUT2D eigenvalue weighted by atomic mass is 10.0. The van der Waals surface area contributed by atoms with E-state index in [-0.39, 0.29) is 5.97 Å². The summed E-state index contributed by atoms with van der Waals surface area (Å²) in [4.78, 5) is 12.2. The van der Waals surface area contributed by atoms with Crippen molar-refractivity contribution in [3.8, 4) is 11.5 Å². The quantitative estimate of drug-likeness (QED) is 0.0375. The molecule has 0 saturated heterocycles. The fourth-order valence-corrected chi connectivity index (χ4v) is 14.3. The van der Waals surface area contributed by atoms with E-state index in [0.717, 1.165) is 49.4 Å². The molecule has 0 N–H and O–H groups in total. The lowest BCUT2D eigenvalue weighted by Gasteiger charge is -2.21. The van der Waals surface area contributed by atoms with Crippen LogP contribution in [0, 0.1) is 0 Å². The van der Waals surface area contributed by atoms with Crippen LogP contribution in [0.15, 0.2) is 48.5 Å². The van der Waals surface area contributed by atoms with E-state index in [0.29, 0.717) is 13.0 Å². The Morgan fingerprint density at radius 1 is 0.329 bits per heavy atom. The van der Waals surface area contributed by atoms with E-state index in [1.165, 1.54) is 326 Å². The lowest BCUT2D eigenvalue weighted by Crippen LogP contribution is -2.05. The zero-order valence-electron chi connectivity index (χ0n) is 52.9. The molecule has 0 spiro atoms. The molecule has 0 aliphatic carbocycles. The zero-order valence-corrected chi connectivity index (χ0v) is 54.6. The zero-order chi connectivity index (χ0) is 56.3. The Morgan fingerprint density at radius 2 is 0.595 bits per heavy atom. The molecule has 0 aliphatic rings. The van der Waals surface area contributed by atoms with Crippen molar-refractivity contribution in [2.24, 2.45) is 0 Å². The van der Waals surface area contributed by atoms with E-state index in [2.05, 4.69) is 69.3 Å². The van der Waals surface area contributed by atoms with Crippen molar-refractivity contribution in [2.75, 3.05) is 12.4 Å². The second kappa shape index (κ2) is 59.4. The summed E-state index contributed by atoms with van der Waals surface area (Å²) in [5, 5.41) is 0. The van der Waals surface area contributed by atoms with Gasteiger partial charge in [-0.05, 0) is 79.6 Å². The highest BCUT2D eigenvalue weighted by Gasteiger charge is 2.20. The number of unbranched alkanes of at least 4 members (excludes halogenated alkanes) is 48. The molecular weight excluding hydrogens is 1000 g/mol. The smallest absolute Gasteiger partial charge is 0.360 e. The Hall–Kier alpha value is -1.71. The number of carbonyl (C=O) groups is 1. The molecule has 0 amide bonds. The van der Waals surface area contributed by atoms with Crippen molar-refractivity contribution in [1.29, 1.82) is 0 Å². The second-order valence-corrected chi connectivity index (χ2v) is 27.4. The van der Waals surface area contributed by atoms with Crippen LogP contribution in [-0.2, 0) is 22.4 Å². The van der Waals surface area contributed by atoms with Gasteiger partial charge in [0, 0.05) is 12.2 Å². The summed E-state index contributed by atoms with van der Waals surface area (Å²) in [6.45, 7) is 7.52. The molecule has 0 heterocycles. The average molecular weight is 1140 g/mol. The second-order valence-electron chi connectivity index (χ2n) is 24.2. The molecule has 0 aliphatic heterocycles. The van der Waals surface area contributed by atoms with Gasteiger partial charge in [0.15, 0.2) is 0 Å². The highest BCUT2D eigenvalue weighted by molar-refractivity contribution is 8.53. The fraction of sp³-hybridized carbons (Fsp3) is 0.822. The lowest BCUT2D eigenvalue weighted by molar-refractivity contribution is -0.143. The van der Waals surface area contributed by atoms with Crippen molar-refractivity contribution in [2.45, 2.75) is 374 Å². The Morgan fingerprint density at radius 3 is 0.924 bits per heavy atom. The summed E-state index contributed by atoms with van der Waals surface area (Å²) in [5.41, 5.74) is 2.68. The predicted octanol–water partition coefficient (Wildman–Crippen LogP) is 26.5. The van der Waals surface area contributed by atoms with Gasteiger partial charge in [-0.2, -0.15) is 0 Å². The summed E-state index contributed by atoms with van der Waals surface area (Å²) in [5.74, 6) is 3.15. The van der Waals surface area contributed by atoms with Gasteiger partial charge in [-0.25, -0.2) is 0 Å². The first-order valence-electron chi connectivity index (χ1n) is 35.3. The molecule has 4 nitrogen and oxygen atoms in total. The highest BCUT2D eigenvalue weighted by Crippen LogP contribution is 2.53. The predicted molar refractivity (Wildman–Crippen MR) is 354 cm³/mol. The SMILES string of the molecule is CCCCCCCCCCCCCCCOC(=O)CCCCCCCCCCCCCCCSP(Oc1ccccc1CCCCCCCCCCCCCCC)Oc1ccccc1CCCCCCCCCCCCCCC. The minimum atomic E-state index is -1.18.